The lowest BCUT2D eigenvalue weighted by Gasteiger charge is -2.25. The van der Waals surface area contributed by atoms with E-state index >= 15 is 0 Å². The van der Waals surface area contributed by atoms with Crippen LogP contribution in [0.4, 0.5) is 26.3 Å². The molecule has 0 N–H and O–H groups in total. The van der Waals surface area contributed by atoms with Crippen LogP contribution in [0.15, 0.2) is 48.5 Å². The lowest BCUT2D eigenvalue weighted by molar-refractivity contribution is -0.254. The minimum atomic E-state index is -5.51. The summed E-state index contributed by atoms with van der Waals surface area (Å²) >= 11 is 0. The van der Waals surface area contributed by atoms with E-state index < -0.39 is 28.9 Å². The van der Waals surface area contributed by atoms with E-state index in [4.69, 9.17) is 0 Å². The van der Waals surface area contributed by atoms with Crippen LogP contribution in [0.25, 0.3) is 11.1 Å². The fourth-order valence-corrected chi connectivity index (χ4v) is 2.92. The molecule has 0 nitrogen and oxygen atoms in total. The van der Waals surface area contributed by atoms with Crippen LogP contribution < -0.4 is 0 Å². The number of aryl methyl sites for hydroxylation is 2. The van der Waals surface area contributed by atoms with Crippen LogP contribution in [0.3, 0.4) is 0 Å². The van der Waals surface area contributed by atoms with Crippen molar-refractivity contribution in [2.75, 3.05) is 0 Å². The summed E-state index contributed by atoms with van der Waals surface area (Å²) in [7, 11) is 0. The largest absolute Gasteiger partial charge is 0.380 e. The molecule has 0 aromatic heterocycles. The van der Waals surface area contributed by atoms with E-state index in [-0.39, 0.29) is 11.1 Å². The van der Waals surface area contributed by atoms with Gasteiger partial charge >= 0.3 is 17.8 Å². The van der Waals surface area contributed by atoms with Crippen LogP contribution in [0, 0.1) is 13.8 Å². The molecular weight excluding hydrogens is 342 g/mol. The van der Waals surface area contributed by atoms with Crippen molar-refractivity contribution in [3.63, 3.8) is 0 Å². The molecule has 0 saturated carbocycles. The van der Waals surface area contributed by atoms with E-state index in [0.717, 1.165) is 24.3 Å². The molecule has 0 spiro atoms. The number of hydrogen-bond donors (Lipinski definition) is 0. The van der Waals surface area contributed by atoms with Gasteiger partial charge in [-0.25, -0.2) is 0 Å². The second-order valence-corrected chi connectivity index (χ2v) is 6.21. The minimum Gasteiger partial charge on any atom is -0.194 e. The van der Waals surface area contributed by atoms with E-state index in [1.54, 1.807) is 13.8 Å². The molecule has 25 heavy (non-hydrogen) atoms. The molecule has 1 aliphatic carbocycles. The molecule has 0 bridgehead atoms. The zero-order valence-electron chi connectivity index (χ0n) is 13.4. The smallest absolute Gasteiger partial charge is 0.194 e. The maximum absolute atomic E-state index is 14.4. The molecular formula is C19H14F6. The number of benzene rings is 2. The van der Waals surface area contributed by atoms with Crippen LogP contribution in [-0.4, -0.2) is 17.8 Å². The molecule has 6 heteroatoms. The molecule has 2 aromatic rings. The molecule has 0 aliphatic heterocycles. The first-order valence-corrected chi connectivity index (χ1v) is 7.53. The Labute approximate surface area is 140 Å². The Morgan fingerprint density at radius 3 is 1.08 bits per heavy atom. The highest BCUT2D eigenvalue weighted by atomic mass is 19.3. The maximum Gasteiger partial charge on any atom is 0.380 e. The first-order valence-electron chi connectivity index (χ1n) is 7.53. The summed E-state index contributed by atoms with van der Waals surface area (Å²) in [6.07, 6.45) is 0. The predicted octanol–water partition coefficient (Wildman–Crippen LogP) is 6.13. The highest BCUT2D eigenvalue weighted by Gasteiger charge is 2.80. The summed E-state index contributed by atoms with van der Waals surface area (Å²) in [4.78, 5) is 0. The van der Waals surface area contributed by atoms with Crippen molar-refractivity contribution in [1.82, 2.24) is 0 Å². The summed E-state index contributed by atoms with van der Waals surface area (Å²) in [5.41, 5.74) is -1.95. The first-order chi connectivity index (χ1) is 11.5. The van der Waals surface area contributed by atoms with Gasteiger partial charge in [0.2, 0.25) is 0 Å². The standard InChI is InChI=1S/C19H14F6/c1-11-3-7-13(8-4-11)15-16(14-9-5-12(2)6-10-14)18(22,23)19(24,25)17(15,20)21/h3-10H,1-2H3. The highest BCUT2D eigenvalue weighted by molar-refractivity contribution is 6.01. The number of halogens is 6. The highest BCUT2D eigenvalue weighted by Crippen LogP contribution is 2.64. The topological polar surface area (TPSA) is 0 Å². The summed E-state index contributed by atoms with van der Waals surface area (Å²) < 4.78 is 85.6. The number of allylic oxidation sites excluding steroid dienone is 2. The molecule has 0 radical (unpaired) electrons. The average molecular weight is 356 g/mol. The van der Waals surface area contributed by atoms with E-state index in [9.17, 15) is 26.3 Å². The first kappa shape index (κ1) is 17.6. The Bertz CT molecular complexity index is 760. The van der Waals surface area contributed by atoms with Gasteiger partial charge in [0.25, 0.3) is 0 Å². The van der Waals surface area contributed by atoms with Gasteiger partial charge in [-0.15, -0.1) is 0 Å². The lowest BCUT2D eigenvalue weighted by Crippen LogP contribution is -2.48. The fourth-order valence-electron chi connectivity index (χ4n) is 2.92. The van der Waals surface area contributed by atoms with Crippen molar-refractivity contribution in [3.05, 3.63) is 70.8 Å². The predicted molar refractivity (Wildman–Crippen MR) is 84.0 cm³/mol. The monoisotopic (exact) mass is 356 g/mol. The Morgan fingerprint density at radius 1 is 0.520 bits per heavy atom. The van der Waals surface area contributed by atoms with Gasteiger partial charge in [0, 0.05) is 11.1 Å². The van der Waals surface area contributed by atoms with Gasteiger partial charge < -0.3 is 0 Å². The summed E-state index contributed by atoms with van der Waals surface area (Å²) in [6, 6.07) is 10.3. The fraction of sp³-hybridized carbons (Fsp3) is 0.263. The Balaban J connectivity index is 2.36. The van der Waals surface area contributed by atoms with Crippen LogP contribution in [0.5, 0.6) is 0 Å². The second kappa shape index (κ2) is 5.38. The van der Waals surface area contributed by atoms with Crippen LogP contribution >= 0.6 is 0 Å². The van der Waals surface area contributed by atoms with E-state index in [1.165, 1.54) is 24.3 Å². The molecule has 2 aromatic carbocycles. The third kappa shape index (κ3) is 2.38. The Kier molecular flexibility index (Phi) is 3.78. The molecule has 1 aliphatic rings. The Hall–Kier alpha value is -2.24. The summed E-state index contributed by atoms with van der Waals surface area (Å²) in [6.45, 7) is 3.35. The van der Waals surface area contributed by atoms with Gasteiger partial charge in [-0.1, -0.05) is 59.7 Å². The van der Waals surface area contributed by atoms with Gasteiger partial charge in [0.1, 0.15) is 0 Å². The third-order valence-electron chi connectivity index (χ3n) is 4.35. The molecule has 0 atom stereocenters. The van der Waals surface area contributed by atoms with Crippen LogP contribution in [0.2, 0.25) is 0 Å². The van der Waals surface area contributed by atoms with Gasteiger partial charge in [-0.05, 0) is 25.0 Å². The molecule has 0 fully saturated rings. The van der Waals surface area contributed by atoms with Gasteiger partial charge in [-0.2, -0.15) is 26.3 Å². The van der Waals surface area contributed by atoms with Gasteiger partial charge in [0.15, 0.2) is 0 Å². The molecule has 0 heterocycles. The van der Waals surface area contributed by atoms with Gasteiger partial charge in [-0.3, -0.25) is 0 Å². The zero-order chi connectivity index (χ0) is 18.6. The van der Waals surface area contributed by atoms with Crippen molar-refractivity contribution in [2.24, 2.45) is 0 Å². The summed E-state index contributed by atoms with van der Waals surface area (Å²) in [5.74, 6) is -15.5. The third-order valence-corrected chi connectivity index (χ3v) is 4.35. The van der Waals surface area contributed by atoms with Crippen LogP contribution in [0.1, 0.15) is 22.3 Å². The van der Waals surface area contributed by atoms with E-state index in [0.29, 0.717) is 11.1 Å². The number of alkyl halides is 6. The zero-order valence-corrected chi connectivity index (χ0v) is 13.4. The molecule has 0 amide bonds. The number of hydrogen-bond acceptors (Lipinski definition) is 0. The molecule has 0 unspecified atom stereocenters. The SMILES string of the molecule is Cc1ccc(C2=C(c3ccc(C)cc3)C(F)(F)C(F)(F)C2(F)F)cc1. The molecule has 3 rings (SSSR count). The van der Waals surface area contributed by atoms with E-state index in [1.807, 2.05) is 0 Å². The maximum atomic E-state index is 14.4. The van der Waals surface area contributed by atoms with Crippen LogP contribution in [-0.2, 0) is 0 Å². The Morgan fingerprint density at radius 2 is 0.800 bits per heavy atom. The van der Waals surface area contributed by atoms with E-state index in [2.05, 4.69) is 0 Å². The van der Waals surface area contributed by atoms with Crippen molar-refractivity contribution >= 4 is 11.1 Å². The van der Waals surface area contributed by atoms with Crippen molar-refractivity contribution in [1.29, 1.82) is 0 Å². The van der Waals surface area contributed by atoms with Crippen molar-refractivity contribution < 1.29 is 26.3 Å². The lowest BCUT2D eigenvalue weighted by atomic mass is 9.94. The summed E-state index contributed by atoms with van der Waals surface area (Å²) in [5, 5.41) is 0. The molecule has 132 valence electrons. The normalized spacial score (nSPS) is 20.8. The number of rotatable bonds is 2. The van der Waals surface area contributed by atoms with Gasteiger partial charge in [0.05, 0.1) is 0 Å². The minimum absolute atomic E-state index is 0.344. The molecule has 0 saturated heterocycles. The quantitative estimate of drug-likeness (QED) is 0.568. The van der Waals surface area contributed by atoms with Crippen molar-refractivity contribution in [3.8, 4) is 0 Å². The van der Waals surface area contributed by atoms with Crippen molar-refractivity contribution in [2.45, 2.75) is 31.6 Å². The average Bonchev–Trinajstić information content (AvgIpc) is 2.64. The second-order valence-electron chi connectivity index (χ2n) is 6.21.